The van der Waals surface area contributed by atoms with Gasteiger partial charge in [0.1, 0.15) is 0 Å². The lowest BCUT2D eigenvalue weighted by Crippen LogP contribution is -3.00. The van der Waals surface area contributed by atoms with Gasteiger partial charge in [0.25, 0.3) is 0 Å². The molecule has 0 atom stereocenters. The normalized spacial score (nSPS) is 11.1. The fourth-order valence-electron chi connectivity index (χ4n) is 1.98. The molecule has 0 bridgehead atoms. The summed E-state index contributed by atoms with van der Waals surface area (Å²) in [6.45, 7) is 0. The summed E-state index contributed by atoms with van der Waals surface area (Å²) in [6.07, 6.45) is 1.42. The predicted octanol–water partition coefficient (Wildman–Crippen LogP) is 0.00920. The highest BCUT2D eigenvalue weighted by molar-refractivity contribution is 5.83. The first-order valence-corrected chi connectivity index (χ1v) is 6.29. The van der Waals surface area contributed by atoms with Crippen LogP contribution in [0.25, 0.3) is 10.8 Å². The summed E-state index contributed by atoms with van der Waals surface area (Å²) in [7, 11) is 5.76. The number of halogens is 1. The maximum atomic E-state index is 11.9. The number of quaternary nitrogens is 1. The van der Waals surface area contributed by atoms with E-state index in [0.717, 1.165) is 6.42 Å². The number of carbonyl (C=O) groups excluding carboxylic acids is 1. The van der Waals surface area contributed by atoms with Crippen LogP contribution in [0.15, 0.2) is 42.5 Å². The van der Waals surface area contributed by atoms with E-state index in [1.54, 1.807) is 0 Å². The van der Waals surface area contributed by atoms with Crippen molar-refractivity contribution in [1.82, 2.24) is 0 Å². The van der Waals surface area contributed by atoms with Gasteiger partial charge in [-0.3, -0.25) is 4.48 Å². The molecule has 0 unspecified atom stereocenters. The summed E-state index contributed by atoms with van der Waals surface area (Å²) in [5.74, 6) is 0.267. The van der Waals surface area contributed by atoms with E-state index in [2.05, 4.69) is 30.3 Å². The van der Waals surface area contributed by atoms with E-state index in [4.69, 9.17) is 0 Å². The molecule has 2 nitrogen and oxygen atoms in total. The molecule has 0 N–H and O–H groups in total. The number of amides is 1. The van der Waals surface area contributed by atoms with Gasteiger partial charge in [-0.1, -0.05) is 42.5 Å². The molecule has 0 aliphatic carbocycles. The number of hydrogen-bond acceptors (Lipinski definition) is 1. The van der Waals surface area contributed by atoms with Crippen LogP contribution < -0.4 is 24.0 Å². The lowest BCUT2D eigenvalue weighted by molar-refractivity contribution is -0.792. The molecule has 3 heteroatoms. The van der Waals surface area contributed by atoms with Crippen LogP contribution in [0.2, 0.25) is 0 Å². The molecule has 2 rings (SSSR count). The fraction of sp³-hybridized carbons (Fsp3) is 0.312. The molecule has 0 aliphatic heterocycles. The van der Waals surface area contributed by atoms with Gasteiger partial charge in [0.15, 0.2) is 0 Å². The van der Waals surface area contributed by atoms with Gasteiger partial charge < -0.3 is 24.0 Å². The molecule has 0 radical (unpaired) electrons. The van der Waals surface area contributed by atoms with E-state index in [1.807, 2.05) is 33.3 Å². The smallest absolute Gasteiger partial charge is 0.313 e. The van der Waals surface area contributed by atoms with E-state index < -0.39 is 0 Å². The van der Waals surface area contributed by atoms with Crippen molar-refractivity contribution in [1.29, 1.82) is 0 Å². The number of hydrogen-bond donors (Lipinski definition) is 0. The molecule has 19 heavy (non-hydrogen) atoms. The Balaban J connectivity index is 0.00000180. The maximum Gasteiger partial charge on any atom is 0.313 e. The first-order chi connectivity index (χ1) is 8.47. The van der Waals surface area contributed by atoms with Gasteiger partial charge in [0, 0.05) is 0 Å². The first kappa shape index (κ1) is 16.1. The lowest BCUT2D eigenvalue weighted by Gasteiger charge is -2.20. The van der Waals surface area contributed by atoms with Crippen LogP contribution in [-0.2, 0) is 11.2 Å². The molecule has 2 aromatic carbocycles. The second kappa shape index (κ2) is 6.48. The van der Waals surface area contributed by atoms with Gasteiger partial charge >= 0.3 is 5.91 Å². The van der Waals surface area contributed by atoms with Crippen molar-refractivity contribution in [2.24, 2.45) is 0 Å². The summed E-state index contributed by atoms with van der Waals surface area (Å²) in [5, 5.41) is 2.49. The van der Waals surface area contributed by atoms with E-state index in [-0.39, 0.29) is 29.9 Å². The van der Waals surface area contributed by atoms with Crippen molar-refractivity contribution in [3.05, 3.63) is 48.0 Å². The monoisotopic (exact) mass is 369 g/mol. The molecule has 0 aromatic heterocycles. The number of carbonyl (C=O) groups is 1. The SMILES string of the molecule is C[N+](C)(C)C(=O)CCc1ccc2ccccc2c1.[I-]. The van der Waals surface area contributed by atoms with E-state index in [9.17, 15) is 4.79 Å². The van der Waals surface area contributed by atoms with Crippen molar-refractivity contribution in [3.63, 3.8) is 0 Å². The van der Waals surface area contributed by atoms with E-state index >= 15 is 0 Å². The van der Waals surface area contributed by atoms with Crippen LogP contribution in [0.4, 0.5) is 0 Å². The molecule has 102 valence electrons. The zero-order chi connectivity index (χ0) is 13.2. The minimum Gasteiger partial charge on any atom is -1.00 e. The highest BCUT2D eigenvalue weighted by Gasteiger charge is 2.19. The number of aryl methyl sites for hydroxylation is 1. The van der Waals surface area contributed by atoms with Gasteiger partial charge in [-0.2, -0.15) is 0 Å². The average molecular weight is 369 g/mol. The Morgan fingerprint density at radius 3 is 2.26 bits per heavy atom. The van der Waals surface area contributed by atoms with Crippen LogP contribution in [0.5, 0.6) is 0 Å². The Morgan fingerprint density at radius 2 is 1.63 bits per heavy atom. The van der Waals surface area contributed by atoms with Crippen molar-refractivity contribution < 1.29 is 33.3 Å². The summed E-state index contributed by atoms with van der Waals surface area (Å²) in [6, 6.07) is 14.7. The Kier molecular flexibility index (Phi) is 5.50. The zero-order valence-corrected chi connectivity index (χ0v) is 13.8. The molecular formula is C16H20INO. The third-order valence-electron chi connectivity index (χ3n) is 3.19. The number of benzene rings is 2. The Labute approximate surface area is 132 Å². The van der Waals surface area contributed by atoms with Crippen LogP contribution in [0.3, 0.4) is 0 Å². The molecule has 0 aliphatic rings. The van der Waals surface area contributed by atoms with Gasteiger partial charge in [-0.25, -0.2) is 4.79 Å². The van der Waals surface area contributed by atoms with Gasteiger partial charge in [0.05, 0.1) is 27.6 Å². The molecule has 2 aromatic rings. The predicted molar refractivity (Wildman–Crippen MR) is 75.3 cm³/mol. The maximum absolute atomic E-state index is 11.9. The number of nitrogens with zero attached hydrogens (tertiary/aromatic N) is 1. The van der Waals surface area contributed by atoms with Gasteiger partial charge in [-0.05, 0) is 22.8 Å². The number of fused-ring (bicyclic) bond motifs is 1. The molecule has 0 spiro atoms. The summed E-state index contributed by atoms with van der Waals surface area (Å²) in [5.41, 5.74) is 1.23. The molecule has 0 heterocycles. The van der Waals surface area contributed by atoms with E-state index in [0.29, 0.717) is 10.9 Å². The van der Waals surface area contributed by atoms with Crippen LogP contribution in [-0.4, -0.2) is 31.5 Å². The highest BCUT2D eigenvalue weighted by atomic mass is 127. The Morgan fingerprint density at radius 1 is 1.00 bits per heavy atom. The molecule has 0 fully saturated rings. The second-order valence-corrected chi connectivity index (χ2v) is 5.59. The second-order valence-electron chi connectivity index (χ2n) is 5.59. The molecule has 0 saturated heterocycles. The van der Waals surface area contributed by atoms with Crippen LogP contribution >= 0.6 is 0 Å². The average Bonchev–Trinajstić information content (AvgIpc) is 2.34. The summed E-state index contributed by atoms with van der Waals surface area (Å²) >= 11 is 0. The minimum atomic E-state index is 0. The fourth-order valence-corrected chi connectivity index (χ4v) is 1.98. The summed E-state index contributed by atoms with van der Waals surface area (Å²) in [4.78, 5) is 11.9. The summed E-state index contributed by atoms with van der Waals surface area (Å²) < 4.78 is 0.396. The van der Waals surface area contributed by atoms with Crippen molar-refractivity contribution in [2.75, 3.05) is 21.1 Å². The van der Waals surface area contributed by atoms with Gasteiger partial charge in [-0.15, -0.1) is 0 Å². The Hall–Kier alpha value is -0.940. The highest BCUT2D eigenvalue weighted by Crippen LogP contribution is 2.17. The molecular weight excluding hydrogens is 349 g/mol. The first-order valence-electron chi connectivity index (χ1n) is 6.29. The van der Waals surface area contributed by atoms with E-state index in [1.165, 1.54) is 16.3 Å². The standard InChI is InChI=1S/C16H20NO.HI/c1-17(2,3)16(18)11-9-13-8-10-14-6-4-5-7-15(14)12-13;/h4-8,10,12H,9,11H2,1-3H3;1H/q+1;/p-1. The van der Waals surface area contributed by atoms with Crippen molar-refractivity contribution >= 4 is 16.7 Å². The van der Waals surface area contributed by atoms with Crippen LogP contribution in [0, 0.1) is 0 Å². The topological polar surface area (TPSA) is 17.1 Å². The van der Waals surface area contributed by atoms with Crippen molar-refractivity contribution in [2.45, 2.75) is 12.8 Å². The van der Waals surface area contributed by atoms with Crippen LogP contribution in [0.1, 0.15) is 12.0 Å². The molecule has 0 saturated carbocycles. The third-order valence-corrected chi connectivity index (χ3v) is 3.19. The van der Waals surface area contributed by atoms with Crippen molar-refractivity contribution in [3.8, 4) is 0 Å². The number of rotatable bonds is 3. The van der Waals surface area contributed by atoms with Gasteiger partial charge in [0.2, 0.25) is 0 Å². The Bertz CT molecular complexity index is 572. The third kappa shape index (κ3) is 4.28. The minimum absolute atomic E-state index is 0. The molecule has 1 amide bonds. The quantitative estimate of drug-likeness (QED) is 0.551. The zero-order valence-electron chi connectivity index (χ0n) is 11.7. The lowest BCUT2D eigenvalue weighted by atomic mass is 10.0. The largest absolute Gasteiger partial charge is 1.00 e.